The lowest BCUT2D eigenvalue weighted by molar-refractivity contribution is -0.124. The molecule has 1 amide bonds. The van der Waals surface area contributed by atoms with Crippen molar-refractivity contribution in [2.45, 2.75) is 45.1 Å². The van der Waals surface area contributed by atoms with Crippen LogP contribution < -0.4 is 0 Å². The SMILES string of the molecule is CCOC(=O)N1CC2CCCC2C1CC(=O)C1CCOC1. The van der Waals surface area contributed by atoms with Gasteiger partial charge in [0.15, 0.2) is 0 Å². The Morgan fingerprint density at radius 3 is 2.86 bits per heavy atom. The zero-order chi connectivity index (χ0) is 14.8. The maximum absolute atomic E-state index is 12.5. The standard InChI is InChI=1S/C16H25NO4/c1-2-21-16(19)17-9-11-4-3-5-13(11)14(17)8-15(18)12-6-7-20-10-12/h11-14H,2-10H2,1H3. The third kappa shape index (κ3) is 2.93. The Kier molecular flexibility index (Phi) is 4.48. The molecule has 0 aromatic rings. The van der Waals surface area contributed by atoms with E-state index < -0.39 is 0 Å². The molecule has 1 saturated carbocycles. The summed E-state index contributed by atoms with van der Waals surface area (Å²) < 4.78 is 10.5. The smallest absolute Gasteiger partial charge is 0.410 e. The zero-order valence-electron chi connectivity index (χ0n) is 12.8. The summed E-state index contributed by atoms with van der Waals surface area (Å²) in [5.74, 6) is 1.35. The molecule has 118 valence electrons. The van der Waals surface area contributed by atoms with Gasteiger partial charge in [0.1, 0.15) is 5.78 Å². The molecule has 3 rings (SSSR count). The Hall–Kier alpha value is -1.10. The lowest BCUT2D eigenvalue weighted by Crippen LogP contribution is -2.40. The lowest BCUT2D eigenvalue weighted by atomic mass is 9.88. The first-order valence-corrected chi connectivity index (χ1v) is 8.24. The molecule has 5 heteroatoms. The van der Waals surface area contributed by atoms with Crippen LogP contribution in [0.15, 0.2) is 0 Å². The molecule has 3 aliphatic rings. The summed E-state index contributed by atoms with van der Waals surface area (Å²) in [5.41, 5.74) is 0. The van der Waals surface area contributed by atoms with Crippen molar-refractivity contribution in [2.75, 3.05) is 26.4 Å². The van der Waals surface area contributed by atoms with Crippen LogP contribution >= 0.6 is 0 Å². The van der Waals surface area contributed by atoms with E-state index in [-0.39, 0.29) is 23.8 Å². The Labute approximate surface area is 126 Å². The van der Waals surface area contributed by atoms with Crippen LogP contribution in [0.4, 0.5) is 4.79 Å². The second kappa shape index (κ2) is 6.34. The fourth-order valence-corrected chi connectivity index (χ4v) is 4.26. The highest BCUT2D eigenvalue weighted by molar-refractivity contribution is 5.82. The molecule has 0 aromatic carbocycles. The molecular weight excluding hydrogens is 270 g/mol. The topological polar surface area (TPSA) is 55.8 Å². The number of likely N-dealkylation sites (tertiary alicyclic amines) is 1. The minimum atomic E-state index is -0.243. The summed E-state index contributed by atoms with van der Waals surface area (Å²) in [5, 5.41) is 0. The summed E-state index contributed by atoms with van der Waals surface area (Å²) in [6, 6.07) is 0.0460. The second-order valence-electron chi connectivity index (χ2n) is 6.50. The first-order valence-electron chi connectivity index (χ1n) is 8.24. The van der Waals surface area contributed by atoms with Gasteiger partial charge in [-0.3, -0.25) is 4.79 Å². The highest BCUT2D eigenvalue weighted by Gasteiger charge is 2.47. The Morgan fingerprint density at radius 1 is 1.29 bits per heavy atom. The van der Waals surface area contributed by atoms with Gasteiger partial charge in [0.05, 0.1) is 13.2 Å². The third-order valence-corrected chi connectivity index (χ3v) is 5.34. The van der Waals surface area contributed by atoms with Crippen molar-refractivity contribution in [3.05, 3.63) is 0 Å². The van der Waals surface area contributed by atoms with Crippen LogP contribution in [0, 0.1) is 17.8 Å². The zero-order valence-corrected chi connectivity index (χ0v) is 12.8. The number of carbonyl (C=O) groups excluding carboxylic acids is 2. The monoisotopic (exact) mass is 295 g/mol. The summed E-state index contributed by atoms with van der Waals surface area (Å²) in [6.07, 6.45) is 4.61. The van der Waals surface area contributed by atoms with Gasteiger partial charge in [-0.2, -0.15) is 0 Å². The van der Waals surface area contributed by atoms with Crippen molar-refractivity contribution < 1.29 is 19.1 Å². The molecular formula is C16H25NO4. The summed E-state index contributed by atoms with van der Waals surface area (Å²) in [6.45, 7) is 4.23. The molecule has 4 atom stereocenters. The van der Waals surface area contributed by atoms with Gasteiger partial charge in [-0.1, -0.05) is 6.42 Å². The van der Waals surface area contributed by atoms with Crippen LogP contribution in [0.2, 0.25) is 0 Å². The van der Waals surface area contributed by atoms with Crippen molar-refractivity contribution in [3.8, 4) is 0 Å². The fraction of sp³-hybridized carbons (Fsp3) is 0.875. The van der Waals surface area contributed by atoms with Gasteiger partial charge in [0, 0.05) is 31.5 Å². The maximum atomic E-state index is 12.5. The number of hydrogen-bond donors (Lipinski definition) is 0. The number of amides is 1. The van der Waals surface area contributed by atoms with E-state index in [4.69, 9.17) is 9.47 Å². The number of ketones is 1. The largest absolute Gasteiger partial charge is 0.450 e. The maximum Gasteiger partial charge on any atom is 0.410 e. The molecule has 0 radical (unpaired) electrons. The molecule has 5 nitrogen and oxygen atoms in total. The number of carbonyl (C=O) groups is 2. The van der Waals surface area contributed by atoms with Crippen molar-refractivity contribution >= 4 is 11.9 Å². The van der Waals surface area contributed by atoms with Gasteiger partial charge < -0.3 is 14.4 Å². The average Bonchev–Trinajstić information content (AvgIpc) is 3.16. The summed E-state index contributed by atoms with van der Waals surface area (Å²) in [4.78, 5) is 26.4. The second-order valence-corrected chi connectivity index (χ2v) is 6.50. The van der Waals surface area contributed by atoms with E-state index in [1.807, 2.05) is 11.8 Å². The molecule has 0 aromatic heterocycles. The molecule has 2 heterocycles. The van der Waals surface area contributed by atoms with Crippen molar-refractivity contribution in [2.24, 2.45) is 17.8 Å². The number of Topliss-reactive ketones (excluding diaryl/α,β-unsaturated/α-hetero) is 1. The third-order valence-electron chi connectivity index (χ3n) is 5.34. The average molecular weight is 295 g/mol. The van der Waals surface area contributed by atoms with Crippen LogP contribution in [-0.4, -0.2) is 49.2 Å². The van der Waals surface area contributed by atoms with Crippen molar-refractivity contribution in [3.63, 3.8) is 0 Å². The van der Waals surface area contributed by atoms with Crippen molar-refractivity contribution in [1.82, 2.24) is 4.90 Å². The normalized spacial score (nSPS) is 35.0. The van der Waals surface area contributed by atoms with Gasteiger partial charge in [-0.15, -0.1) is 0 Å². The van der Waals surface area contributed by atoms with E-state index in [0.717, 1.165) is 19.4 Å². The van der Waals surface area contributed by atoms with Crippen LogP contribution in [0.1, 0.15) is 39.0 Å². The highest BCUT2D eigenvalue weighted by Crippen LogP contribution is 2.44. The van der Waals surface area contributed by atoms with E-state index >= 15 is 0 Å². The number of fused-ring (bicyclic) bond motifs is 1. The highest BCUT2D eigenvalue weighted by atomic mass is 16.6. The number of ether oxygens (including phenoxy) is 2. The predicted octanol–water partition coefficient (Wildman–Crippen LogP) is 2.24. The number of rotatable bonds is 4. The quantitative estimate of drug-likeness (QED) is 0.798. The van der Waals surface area contributed by atoms with Crippen LogP contribution in [0.5, 0.6) is 0 Å². The van der Waals surface area contributed by atoms with E-state index in [0.29, 0.717) is 38.1 Å². The van der Waals surface area contributed by atoms with Gasteiger partial charge in [-0.25, -0.2) is 4.79 Å². The Balaban J connectivity index is 1.68. The van der Waals surface area contributed by atoms with E-state index in [1.54, 1.807) is 0 Å². The Morgan fingerprint density at radius 2 is 2.14 bits per heavy atom. The molecule has 2 aliphatic heterocycles. The van der Waals surface area contributed by atoms with E-state index in [9.17, 15) is 9.59 Å². The molecule has 3 fully saturated rings. The fourth-order valence-electron chi connectivity index (χ4n) is 4.26. The van der Waals surface area contributed by atoms with E-state index in [1.165, 1.54) is 12.8 Å². The molecule has 0 spiro atoms. The summed E-state index contributed by atoms with van der Waals surface area (Å²) in [7, 11) is 0. The van der Waals surface area contributed by atoms with Crippen LogP contribution in [0.3, 0.4) is 0 Å². The van der Waals surface area contributed by atoms with Crippen LogP contribution in [-0.2, 0) is 14.3 Å². The first kappa shape index (κ1) is 14.8. The minimum absolute atomic E-state index is 0.0366. The van der Waals surface area contributed by atoms with Crippen molar-refractivity contribution in [1.29, 1.82) is 0 Å². The number of nitrogens with zero attached hydrogens (tertiary/aromatic N) is 1. The first-order chi connectivity index (χ1) is 10.2. The molecule has 2 saturated heterocycles. The van der Waals surface area contributed by atoms with Crippen LogP contribution in [0.25, 0.3) is 0 Å². The van der Waals surface area contributed by atoms with Gasteiger partial charge in [0.25, 0.3) is 0 Å². The number of hydrogen-bond acceptors (Lipinski definition) is 4. The molecule has 0 N–H and O–H groups in total. The molecule has 4 unspecified atom stereocenters. The van der Waals surface area contributed by atoms with Gasteiger partial charge in [0.2, 0.25) is 0 Å². The Bertz CT molecular complexity index is 405. The predicted molar refractivity (Wildman–Crippen MR) is 76.9 cm³/mol. The molecule has 1 aliphatic carbocycles. The molecule has 21 heavy (non-hydrogen) atoms. The van der Waals surface area contributed by atoms with Gasteiger partial charge in [-0.05, 0) is 38.0 Å². The summed E-state index contributed by atoms with van der Waals surface area (Å²) >= 11 is 0. The van der Waals surface area contributed by atoms with Gasteiger partial charge >= 0.3 is 6.09 Å². The van der Waals surface area contributed by atoms with E-state index in [2.05, 4.69) is 0 Å². The molecule has 0 bridgehead atoms. The lowest BCUT2D eigenvalue weighted by Gasteiger charge is -2.27. The minimum Gasteiger partial charge on any atom is -0.450 e.